The molecule has 0 spiro atoms. The van der Waals surface area contributed by atoms with Crippen LogP contribution < -0.4 is 19.5 Å². The van der Waals surface area contributed by atoms with Crippen LogP contribution >= 0.6 is 11.6 Å². The number of halogens is 1. The molecule has 0 fully saturated rings. The zero-order valence-corrected chi connectivity index (χ0v) is 11.6. The van der Waals surface area contributed by atoms with Gasteiger partial charge in [0.15, 0.2) is 11.5 Å². The summed E-state index contributed by atoms with van der Waals surface area (Å²) in [7, 11) is 1.86. The van der Waals surface area contributed by atoms with E-state index in [-0.39, 0.29) is 6.79 Å². The average molecular weight is 293 g/mol. The zero-order chi connectivity index (χ0) is 13.9. The lowest BCUT2D eigenvalue weighted by Crippen LogP contribution is -2.06. The van der Waals surface area contributed by atoms with Crippen LogP contribution in [0.2, 0.25) is 5.02 Å². The summed E-state index contributed by atoms with van der Waals surface area (Å²) >= 11 is 6.06. The molecule has 1 aromatic carbocycles. The van der Waals surface area contributed by atoms with Crippen LogP contribution in [0, 0.1) is 0 Å². The number of fused-ring (bicyclic) bond motifs is 1. The highest BCUT2D eigenvalue weighted by atomic mass is 35.5. The highest BCUT2D eigenvalue weighted by Gasteiger charge is 2.14. The van der Waals surface area contributed by atoms with Gasteiger partial charge in [0.1, 0.15) is 5.75 Å². The molecule has 6 heteroatoms. The van der Waals surface area contributed by atoms with E-state index in [2.05, 4.69) is 10.3 Å². The number of nitrogens with one attached hydrogen (secondary N) is 1. The van der Waals surface area contributed by atoms with Gasteiger partial charge in [-0.2, -0.15) is 0 Å². The van der Waals surface area contributed by atoms with E-state index in [0.717, 1.165) is 11.3 Å². The molecule has 1 aromatic heterocycles. The Balaban J connectivity index is 1.82. The van der Waals surface area contributed by atoms with E-state index in [1.807, 2.05) is 25.2 Å². The van der Waals surface area contributed by atoms with Crippen molar-refractivity contribution in [1.82, 2.24) is 10.3 Å². The summed E-state index contributed by atoms with van der Waals surface area (Å²) in [4.78, 5) is 4.16. The fourth-order valence-corrected chi connectivity index (χ4v) is 2.07. The molecule has 0 saturated heterocycles. The lowest BCUT2D eigenvalue weighted by Gasteiger charge is -2.08. The lowest BCUT2D eigenvalue weighted by atomic mass is 10.2. The molecular weight excluding hydrogens is 280 g/mol. The number of nitrogens with zero attached hydrogens (tertiary/aromatic N) is 1. The van der Waals surface area contributed by atoms with Gasteiger partial charge in [0.2, 0.25) is 12.7 Å². The van der Waals surface area contributed by atoms with Crippen LogP contribution in [0.4, 0.5) is 0 Å². The standard InChI is InChI=1S/C14H13ClN2O3/c1-16-6-9-4-14(17-7-11(9)15)20-10-2-3-12-13(5-10)19-8-18-12/h2-5,7,16H,6,8H2,1H3. The topological polar surface area (TPSA) is 52.6 Å². The molecule has 0 radical (unpaired) electrons. The van der Waals surface area contributed by atoms with Crippen LogP contribution in [0.5, 0.6) is 23.1 Å². The van der Waals surface area contributed by atoms with Gasteiger partial charge >= 0.3 is 0 Å². The highest BCUT2D eigenvalue weighted by Crippen LogP contribution is 2.36. The van der Waals surface area contributed by atoms with Crippen LogP contribution in [-0.4, -0.2) is 18.8 Å². The Morgan fingerprint density at radius 1 is 1.30 bits per heavy atom. The van der Waals surface area contributed by atoms with Crippen molar-refractivity contribution in [3.63, 3.8) is 0 Å². The first-order valence-electron chi connectivity index (χ1n) is 6.13. The van der Waals surface area contributed by atoms with Crippen molar-refractivity contribution in [2.45, 2.75) is 6.54 Å². The third kappa shape index (κ3) is 2.64. The van der Waals surface area contributed by atoms with Gasteiger partial charge in [-0.1, -0.05) is 11.6 Å². The SMILES string of the molecule is CNCc1cc(Oc2ccc3c(c2)OCO3)ncc1Cl. The average Bonchev–Trinajstić information content (AvgIpc) is 2.90. The van der Waals surface area contributed by atoms with Gasteiger partial charge in [-0.25, -0.2) is 4.98 Å². The third-order valence-electron chi connectivity index (χ3n) is 2.84. The van der Waals surface area contributed by atoms with E-state index in [1.54, 1.807) is 12.3 Å². The van der Waals surface area contributed by atoms with Gasteiger partial charge in [-0.05, 0) is 24.7 Å². The smallest absolute Gasteiger partial charge is 0.231 e. The van der Waals surface area contributed by atoms with E-state index < -0.39 is 0 Å². The maximum Gasteiger partial charge on any atom is 0.231 e. The molecule has 2 aromatic rings. The summed E-state index contributed by atoms with van der Waals surface area (Å²) in [5.41, 5.74) is 0.930. The van der Waals surface area contributed by atoms with Gasteiger partial charge in [-0.3, -0.25) is 0 Å². The van der Waals surface area contributed by atoms with Gasteiger partial charge in [-0.15, -0.1) is 0 Å². The predicted octanol–water partition coefficient (Wildman–Crippen LogP) is 2.98. The van der Waals surface area contributed by atoms with Gasteiger partial charge in [0.25, 0.3) is 0 Å². The van der Waals surface area contributed by atoms with Crippen molar-refractivity contribution in [2.24, 2.45) is 0 Å². The van der Waals surface area contributed by atoms with Crippen LogP contribution in [0.15, 0.2) is 30.5 Å². The summed E-state index contributed by atoms with van der Waals surface area (Å²) in [6, 6.07) is 7.20. The molecule has 1 aliphatic heterocycles. The molecule has 0 aliphatic carbocycles. The number of rotatable bonds is 4. The number of pyridine rings is 1. The monoisotopic (exact) mass is 292 g/mol. The molecule has 0 amide bonds. The summed E-state index contributed by atoms with van der Waals surface area (Å²) in [5, 5.41) is 3.65. The van der Waals surface area contributed by atoms with Gasteiger partial charge < -0.3 is 19.5 Å². The second kappa shape index (κ2) is 5.56. The minimum atomic E-state index is 0.240. The van der Waals surface area contributed by atoms with Crippen LogP contribution in [0.1, 0.15) is 5.56 Å². The summed E-state index contributed by atoms with van der Waals surface area (Å²) in [6.07, 6.45) is 1.58. The first kappa shape index (κ1) is 13.0. The molecule has 0 saturated carbocycles. The summed E-state index contributed by atoms with van der Waals surface area (Å²) < 4.78 is 16.3. The maximum absolute atomic E-state index is 6.06. The minimum Gasteiger partial charge on any atom is -0.454 e. The van der Waals surface area contributed by atoms with Gasteiger partial charge in [0, 0.05) is 24.9 Å². The number of hydrogen-bond acceptors (Lipinski definition) is 5. The Morgan fingerprint density at radius 2 is 2.15 bits per heavy atom. The minimum absolute atomic E-state index is 0.240. The molecule has 2 heterocycles. The van der Waals surface area contributed by atoms with Crippen molar-refractivity contribution < 1.29 is 14.2 Å². The van der Waals surface area contributed by atoms with Crippen LogP contribution in [0.3, 0.4) is 0 Å². The fourth-order valence-electron chi connectivity index (χ4n) is 1.90. The Hall–Kier alpha value is -1.98. The Kier molecular flexibility index (Phi) is 3.62. The quantitative estimate of drug-likeness (QED) is 0.939. The molecule has 1 aliphatic rings. The second-order valence-corrected chi connectivity index (χ2v) is 4.67. The Morgan fingerprint density at radius 3 is 3.00 bits per heavy atom. The van der Waals surface area contributed by atoms with E-state index in [4.69, 9.17) is 25.8 Å². The highest BCUT2D eigenvalue weighted by molar-refractivity contribution is 6.31. The molecular formula is C14H13ClN2O3. The normalized spacial score (nSPS) is 12.5. The van der Waals surface area contributed by atoms with Crippen LogP contribution in [-0.2, 0) is 6.54 Å². The van der Waals surface area contributed by atoms with Crippen molar-refractivity contribution in [1.29, 1.82) is 0 Å². The third-order valence-corrected chi connectivity index (χ3v) is 3.18. The van der Waals surface area contributed by atoms with E-state index in [0.29, 0.717) is 28.9 Å². The molecule has 20 heavy (non-hydrogen) atoms. The summed E-state index contributed by atoms with van der Waals surface area (Å²) in [5.74, 6) is 2.52. The summed E-state index contributed by atoms with van der Waals surface area (Å²) in [6.45, 7) is 0.892. The molecule has 0 bridgehead atoms. The zero-order valence-electron chi connectivity index (χ0n) is 10.9. The van der Waals surface area contributed by atoms with Crippen molar-refractivity contribution in [3.8, 4) is 23.1 Å². The number of ether oxygens (including phenoxy) is 3. The first-order valence-corrected chi connectivity index (χ1v) is 6.50. The molecule has 0 atom stereocenters. The number of benzene rings is 1. The first-order chi connectivity index (χ1) is 9.76. The molecule has 1 N–H and O–H groups in total. The second-order valence-electron chi connectivity index (χ2n) is 4.26. The number of aromatic nitrogens is 1. The lowest BCUT2D eigenvalue weighted by molar-refractivity contribution is 0.174. The predicted molar refractivity (Wildman–Crippen MR) is 74.6 cm³/mol. The largest absolute Gasteiger partial charge is 0.454 e. The Bertz CT molecular complexity index is 634. The molecule has 5 nitrogen and oxygen atoms in total. The maximum atomic E-state index is 6.06. The van der Waals surface area contributed by atoms with Crippen molar-refractivity contribution >= 4 is 11.6 Å². The van der Waals surface area contributed by atoms with Gasteiger partial charge in [0.05, 0.1) is 5.02 Å². The fraction of sp³-hybridized carbons (Fsp3) is 0.214. The van der Waals surface area contributed by atoms with Crippen molar-refractivity contribution in [3.05, 3.63) is 41.0 Å². The van der Waals surface area contributed by atoms with Crippen LogP contribution in [0.25, 0.3) is 0 Å². The molecule has 3 rings (SSSR count). The van der Waals surface area contributed by atoms with E-state index in [1.165, 1.54) is 0 Å². The van der Waals surface area contributed by atoms with Crippen molar-refractivity contribution in [2.75, 3.05) is 13.8 Å². The van der Waals surface area contributed by atoms with E-state index in [9.17, 15) is 0 Å². The number of hydrogen-bond donors (Lipinski definition) is 1. The van der Waals surface area contributed by atoms with E-state index >= 15 is 0 Å². The molecule has 104 valence electrons. The molecule has 0 unspecified atom stereocenters. The Labute approximate surface area is 121 Å².